The highest BCUT2D eigenvalue weighted by Crippen LogP contribution is 2.39. The number of carbonyl (C=O) groups excluding carboxylic acids is 3. The van der Waals surface area contributed by atoms with E-state index in [1.807, 2.05) is 6.92 Å². The number of nitrogens with zero attached hydrogens (tertiary/aromatic N) is 1. The van der Waals surface area contributed by atoms with Crippen molar-refractivity contribution in [1.29, 1.82) is 0 Å². The van der Waals surface area contributed by atoms with Gasteiger partial charge in [0.2, 0.25) is 0 Å². The van der Waals surface area contributed by atoms with Gasteiger partial charge in [0.25, 0.3) is 0 Å². The van der Waals surface area contributed by atoms with Crippen molar-refractivity contribution in [2.45, 2.75) is 64.9 Å². The second-order valence-corrected chi connectivity index (χ2v) is 7.47. The molecule has 2 rings (SSSR count). The topological polar surface area (TPSA) is 94.2 Å². The van der Waals surface area contributed by atoms with Gasteiger partial charge in [0.15, 0.2) is 0 Å². The Morgan fingerprint density at radius 1 is 1.11 bits per heavy atom. The molecular formula is C20H34N2O6. The number of hydrogen-bond donors (Lipinski definition) is 1. The molecule has 2 aliphatic rings. The fourth-order valence-corrected chi connectivity index (χ4v) is 3.93. The maximum Gasteiger partial charge on any atom is 0.317 e. The molecule has 0 aromatic carbocycles. The lowest BCUT2D eigenvalue weighted by Gasteiger charge is -2.42. The number of nitrogens with one attached hydrogen (secondary N) is 1. The standard InChI is InChI=1S/C20H34N2O6/c1-3-26-17(23)8-11-21-19(25)22-12-9-20(10-13-22,18(24)27-4-2)15-16-7-5-6-14-28-16/h16H,3-15H2,1-2H3,(H,21,25). The Labute approximate surface area is 167 Å². The van der Waals surface area contributed by atoms with Crippen molar-refractivity contribution in [2.24, 2.45) is 5.41 Å². The first kappa shape index (κ1) is 22.5. The van der Waals surface area contributed by atoms with Gasteiger partial charge in [-0.05, 0) is 52.4 Å². The van der Waals surface area contributed by atoms with Crippen molar-refractivity contribution >= 4 is 18.0 Å². The highest BCUT2D eigenvalue weighted by atomic mass is 16.5. The average Bonchev–Trinajstić information content (AvgIpc) is 2.69. The monoisotopic (exact) mass is 398 g/mol. The summed E-state index contributed by atoms with van der Waals surface area (Å²) in [7, 11) is 0. The lowest BCUT2D eigenvalue weighted by molar-refractivity contribution is -0.162. The molecule has 2 heterocycles. The predicted molar refractivity (Wildman–Crippen MR) is 103 cm³/mol. The molecule has 28 heavy (non-hydrogen) atoms. The van der Waals surface area contributed by atoms with Crippen LogP contribution in [-0.2, 0) is 23.8 Å². The molecule has 0 saturated carbocycles. The SMILES string of the molecule is CCOC(=O)CCNC(=O)N1CCC(CC2CCCCO2)(C(=O)OCC)CC1. The van der Waals surface area contributed by atoms with E-state index >= 15 is 0 Å². The average molecular weight is 399 g/mol. The summed E-state index contributed by atoms with van der Waals surface area (Å²) in [5.41, 5.74) is -0.584. The van der Waals surface area contributed by atoms with Crippen molar-refractivity contribution in [3.63, 3.8) is 0 Å². The van der Waals surface area contributed by atoms with E-state index in [0.717, 1.165) is 25.9 Å². The number of piperidine rings is 1. The molecule has 2 amide bonds. The summed E-state index contributed by atoms with van der Waals surface area (Å²) in [4.78, 5) is 38.1. The molecule has 8 heteroatoms. The Hall–Kier alpha value is -1.83. The quantitative estimate of drug-likeness (QED) is 0.630. The molecule has 160 valence electrons. The van der Waals surface area contributed by atoms with Crippen LogP contribution in [-0.4, -0.2) is 68.4 Å². The molecule has 0 aliphatic carbocycles. The first-order valence-electron chi connectivity index (χ1n) is 10.5. The lowest BCUT2D eigenvalue weighted by Crippen LogP contribution is -2.51. The maximum absolute atomic E-state index is 12.7. The molecule has 1 unspecified atom stereocenters. The summed E-state index contributed by atoms with van der Waals surface area (Å²) >= 11 is 0. The highest BCUT2D eigenvalue weighted by Gasteiger charge is 2.45. The number of urea groups is 1. The van der Waals surface area contributed by atoms with Gasteiger partial charge in [0, 0.05) is 26.2 Å². The Bertz CT molecular complexity index is 525. The van der Waals surface area contributed by atoms with Gasteiger partial charge in [0.05, 0.1) is 31.2 Å². The van der Waals surface area contributed by atoms with E-state index in [4.69, 9.17) is 14.2 Å². The summed E-state index contributed by atoms with van der Waals surface area (Å²) in [6.07, 6.45) is 5.20. The van der Waals surface area contributed by atoms with Gasteiger partial charge in [0.1, 0.15) is 0 Å². The molecule has 0 radical (unpaired) electrons. The molecule has 2 fully saturated rings. The van der Waals surface area contributed by atoms with Crippen LogP contribution in [0.25, 0.3) is 0 Å². The molecule has 2 saturated heterocycles. The Balaban J connectivity index is 1.87. The van der Waals surface area contributed by atoms with Gasteiger partial charge in [-0.25, -0.2) is 4.79 Å². The minimum Gasteiger partial charge on any atom is -0.466 e. The molecule has 0 aromatic heterocycles. The van der Waals surface area contributed by atoms with Crippen molar-refractivity contribution in [3.8, 4) is 0 Å². The number of ether oxygens (including phenoxy) is 3. The summed E-state index contributed by atoms with van der Waals surface area (Å²) in [6.45, 7) is 6.20. The van der Waals surface area contributed by atoms with E-state index in [0.29, 0.717) is 45.6 Å². The summed E-state index contributed by atoms with van der Waals surface area (Å²) in [5, 5.41) is 2.75. The third-order valence-corrected chi connectivity index (χ3v) is 5.52. The molecule has 8 nitrogen and oxygen atoms in total. The van der Waals surface area contributed by atoms with Crippen LogP contribution in [0.2, 0.25) is 0 Å². The molecular weight excluding hydrogens is 364 g/mol. The van der Waals surface area contributed by atoms with Gasteiger partial charge in [-0.2, -0.15) is 0 Å². The molecule has 0 aromatic rings. The number of hydrogen-bond acceptors (Lipinski definition) is 6. The van der Waals surface area contributed by atoms with Gasteiger partial charge in [-0.3, -0.25) is 9.59 Å². The second-order valence-electron chi connectivity index (χ2n) is 7.47. The van der Waals surface area contributed by atoms with Crippen LogP contribution in [0.4, 0.5) is 4.79 Å². The largest absolute Gasteiger partial charge is 0.466 e. The van der Waals surface area contributed by atoms with E-state index < -0.39 is 5.41 Å². The van der Waals surface area contributed by atoms with Crippen molar-refractivity contribution < 1.29 is 28.6 Å². The zero-order chi connectivity index (χ0) is 20.4. The molecule has 2 aliphatic heterocycles. The van der Waals surface area contributed by atoms with E-state index in [1.54, 1.807) is 11.8 Å². The van der Waals surface area contributed by atoms with Crippen LogP contribution in [0.1, 0.15) is 58.8 Å². The Kier molecular flexibility index (Phi) is 9.02. The van der Waals surface area contributed by atoms with Crippen LogP contribution in [0.5, 0.6) is 0 Å². The van der Waals surface area contributed by atoms with E-state index in [1.165, 1.54) is 0 Å². The van der Waals surface area contributed by atoms with Gasteiger partial charge in [-0.1, -0.05) is 0 Å². The van der Waals surface area contributed by atoms with Gasteiger partial charge < -0.3 is 24.4 Å². The zero-order valence-electron chi connectivity index (χ0n) is 17.2. The summed E-state index contributed by atoms with van der Waals surface area (Å²) < 4.78 is 16.1. The van der Waals surface area contributed by atoms with Crippen LogP contribution in [0.3, 0.4) is 0 Å². The smallest absolute Gasteiger partial charge is 0.317 e. The highest BCUT2D eigenvalue weighted by molar-refractivity contribution is 5.79. The molecule has 1 atom stereocenters. The fourth-order valence-electron chi connectivity index (χ4n) is 3.93. The fraction of sp³-hybridized carbons (Fsp3) is 0.850. The van der Waals surface area contributed by atoms with E-state index in [-0.39, 0.29) is 37.0 Å². The first-order valence-corrected chi connectivity index (χ1v) is 10.5. The number of esters is 2. The number of amides is 2. The number of likely N-dealkylation sites (tertiary alicyclic amines) is 1. The van der Waals surface area contributed by atoms with Crippen LogP contribution < -0.4 is 5.32 Å². The lowest BCUT2D eigenvalue weighted by atomic mass is 9.73. The Morgan fingerprint density at radius 3 is 2.43 bits per heavy atom. The van der Waals surface area contributed by atoms with Crippen LogP contribution >= 0.6 is 0 Å². The third kappa shape index (κ3) is 6.36. The normalized spacial score (nSPS) is 21.6. The van der Waals surface area contributed by atoms with Crippen molar-refractivity contribution in [1.82, 2.24) is 10.2 Å². The second kappa shape index (κ2) is 11.2. The van der Waals surface area contributed by atoms with Gasteiger partial charge in [-0.15, -0.1) is 0 Å². The molecule has 1 N–H and O–H groups in total. The zero-order valence-corrected chi connectivity index (χ0v) is 17.2. The van der Waals surface area contributed by atoms with Crippen LogP contribution in [0.15, 0.2) is 0 Å². The third-order valence-electron chi connectivity index (χ3n) is 5.52. The minimum absolute atomic E-state index is 0.0862. The van der Waals surface area contributed by atoms with E-state index in [2.05, 4.69) is 5.32 Å². The van der Waals surface area contributed by atoms with Crippen molar-refractivity contribution in [2.75, 3.05) is 39.5 Å². The number of carbonyl (C=O) groups is 3. The first-order chi connectivity index (χ1) is 13.5. The Morgan fingerprint density at radius 2 is 1.82 bits per heavy atom. The van der Waals surface area contributed by atoms with Crippen molar-refractivity contribution in [3.05, 3.63) is 0 Å². The summed E-state index contributed by atoms with van der Waals surface area (Å²) in [5.74, 6) is -0.498. The minimum atomic E-state index is -0.584. The molecule has 0 bridgehead atoms. The number of rotatable bonds is 8. The maximum atomic E-state index is 12.7. The van der Waals surface area contributed by atoms with Gasteiger partial charge >= 0.3 is 18.0 Å². The van der Waals surface area contributed by atoms with E-state index in [9.17, 15) is 14.4 Å². The van der Waals surface area contributed by atoms with Crippen LogP contribution in [0, 0.1) is 5.41 Å². The predicted octanol–water partition coefficient (Wildman–Crippen LogP) is 2.25. The summed E-state index contributed by atoms with van der Waals surface area (Å²) in [6, 6.07) is -0.212. The molecule has 0 spiro atoms.